The number of benzene rings is 2. The van der Waals surface area contributed by atoms with E-state index >= 15 is 0 Å². The molecule has 0 amide bonds. The van der Waals surface area contributed by atoms with Crippen LogP contribution in [0.15, 0.2) is 48.8 Å². The van der Waals surface area contributed by atoms with Gasteiger partial charge >= 0.3 is 0 Å². The van der Waals surface area contributed by atoms with E-state index in [4.69, 9.17) is 4.74 Å². The van der Waals surface area contributed by atoms with Gasteiger partial charge in [0.05, 0.1) is 18.3 Å². The molecule has 4 rings (SSSR count). The number of hydrogen-bond acceptors (Lipinski definition) is 4. The van der Waals surface area contributed by atoms with Crippen LogP contribution in [0.4, 0.5) is 0 Å². The fraction of sp³-hybridized carbons (Fsp3) is 0.483. The van der Waals surface area contributed by atoms with Gasteiger partial charge in [-0.1, -0.05) is 45.5 Å². The summed E-state index contributed by atoms with van der Waals surface area (Å²) in [5.74, 6) is 1.99. The Morgan fingerprint density at radius 2 is 2.09 bits per heavy atom. The molecule has 0 spiro atoms. The highest BCUT2D eigenvalue weighted by molar-refractivity contribution is 5.81. The highest BCUT2D eigenvalue weighted by Gasteiger charge is 2.19. The number of aromatic amines is 1. The van der Waals surface area contributed by atoms with Gasteiger partial charge in [-0.05, 0) is 66.5 Å². The van der Waals surface area contributed by atoms with Gasteiger partial charge < -0.3 is 15.0 Å². The van der Waals surface area contributed by atoms with Crippen molar-refractivity contribution in [2.24, 2.45) is 11.8 Å². The van der Waals surface area contributed by atoms with Crippen molar-refractivity contribution in [1.29, 1.82) is 0 Å². The van der Waals surface area contributed by atoms with E-state index in [9.17, 15) is 0 Å². The van der Waals surface area contributed by atoms with Crippen molar-refractivity contribution in [3.63, 3.8) is 0 Å². The van der Waals surface area contributed by atoms with Crippen LogP contribution >= 0.6 is 0 Å². The molecule has 1 atom stereocenters. The second-order valence-electron chi connectivity index (χ2n) is 10.2. The minimum atomic E-state index is 0.334. The van der Waals surface area contributed by atoms with Crippen molar-refractivity contribution in [1.82, 2.24) is 20.4 Å². The van der Waals surface area contributed by atoms with Crippen LogP contribution in [-0.2, 0) is 19.5 Å². The van der Waals surface area contributed by atoms with Crippen molar-refractivity contribution >= 4 is 10.9 Å². The zero-order valence-electron chi connectivity index (χ0n) is 21.3. The lowest BCUT2D eigenvalue weighted by molar-refractivity contribution is 0.265. The molecule has 34 heavy (non-hydrogen) atoms. The Morgan fingerprint density at radius 3 is 2.91 bits per heavy atom. The molecule has 2 heterocycles. The first kappa shape index (κ1) is 24.3. The predicted octanol–water partition coefficient (Wildman–Crippen LogP) is 5.98. The standard InChI is InChI=1S/C29H40N4O/c1-20(2)18-33(19-24-13-21(3)26-10-6-7-12-34-29(26)14-24)23(5)22(4)15-30-16-25-9-8-11-28-27(25)17-31-32-28/h8-9,11,13-14,17,20,22,30H,5-7,10,12,15-16,18-19H2,1-4H3,(H,31,32). The van der Waals surface area contributed by atoms with E-state index in [0.29, 0.717) is 11.8 Å². The summed E-state index contributed by atoms with van der Waals surface area (Å²) in [6.45, 7) is 18.0. The maximum atomic E-state index is 6.10. The third-order valence-corrected chi connectivity index (χ3v) is 6.85. The average molecular weight is 461 g/mol. The van der Waals surface area contributed by atoms with E-state index in [0.717, 1.165) is 56.9 Å². The number of rotatable bonds is 10. The molecule has 0 radical (unpaired) electrons. The average Bonchev–Trinajstić information content (AvgIpc) is 3.16. The fourth-order valence-corrected chi connectivity index (χ4v) is 4.96. The lowest BCUT2D eigenvalue weighted by Crippen LogP contribution is -2.33. The van der Waals surface area contributed by atoms with Gasteiger partial charge in [0.25, 0.3) is 0 Å². The summed E-state index contributed by atoms with van der Waals surface area (Å²) in [6, 6.07) is 10.9. The van der Waals surface area contributed by atoms with E-state index in [2.05, 4.69) is 85.0 Å². The topological polar surface area (TPSA) is 53.2 Å². The summed E-state index contributed by atoms with van der Waals surface area (Å²) in [7, 11) is 0. The van der Waals surface area contributed by atoms with Gasteiger partial charge in [0.1, 0.15) is 5.75 Å². The first-order chi connectivity index (χ1) is 16.4. The van der Waals surface area contributed by atoms with Crippen molar-refractivity contribution in [2.75, 3.05) is 19.7 Å². The maximum Gasteiger partial charge on any atom is 0.123 e. The van der Waals surface area contributed by atoms with Crippen LogP contribution in [0.1, 0.15) is 55.9 Å². The van der Waals surface area contributed by atoms with E-state index in [1.54, 1.807) is 0 Å². The molecule has 182 valence electrons. The van der Waals surface area contributed by atoms with Crippen molar-refractivity contribution in [3.8, 4) is 5.75 Å². The molecular weight excluding hydrogens is 420 g/mol. The zero-order chi connectivity index (χ0) is 24.1. The predicted molar refractivity (Wildman–Crippen MR) is 141 cm³/mol. The summed E-state index contributed by atoms with van der Waals surface area (Å²) in [5.41, 5.74) is 7.60. The first-order valence-corrected chi connectivity index (χ1v) is 12.7. The Kier molecular flexibility index (Phi) is 7.94. The minimum Gasteiger partial charge on any atom is -0.493 e. The molecule has 1 unspecified atom stereocenters. The number of ether oxygens (including phenoxy) is 1. The van der Waals surface area contributed by atoms with E-state index in [-0.39, 0.29) is 0 Å². The summed E-state index contributed by atoms with van der Waals surface area (Å²) >= 11 is 0. The summed E-state index contributed by atoms with van der Waals surface area (Å²) in [6.07, 6.45) is 5.38. The first-order valence-electron chi connectivity index (χ1n) is 12.7. The van der Waals surface area contributed by atoms with Crippen LogP contribution in [0.3, 0.4) is 0 Å². The molecule has 5 heteroatoms. The summed E-state index contributed by atoms with van der Waals surface area (Å²) < 4.78 is 6.10. The summed E-state index contributed by atoms with van der Waals surface area (Å²) in [4.78, 5) is 2.46. The Balaban J connectivity index is 1.41. The molecule has 1 aromatic heterocycles. The Bertz CT molecular complexity index is 1120. The molecule has 0 fully saturated rings. The quantitative estimate of drug-likeness (QED) is 0.391. The third kappa shape index (κ3) is 5.82. The highest BCUT2D eigenvalue weighted by Crippen LogP contribution is 2.30. The second kappa shape index (κ2) is 11.1. The van der Waals surface area contributed by atoms with Gasteiger partial charge in [0, 0.05) is 43.2 Å². The van der Waals surface area contributed by atoms with Crippen LogP contribution in [0, 0.1) is 18.8 Å². The smallest absolute Gasteiger partial charge is 0.123 e. The molecule has 0 aliphatic carbocycles. The minimum absolute atomic E-state index is 0.334. The van der Waals surface area contributed by atoms with Crippen LogP contribution in [0.5, 0.6) is 5.75 Å². The molecule has 5 nitrogen and oxygen atoms in total. The number of nitrogens with zero attached hydrogens (tertiary/aromatic N) is 2. The summed E-state index contributed by atoms with van der Waals surface area (Å²) in [5, 5.41) is 12.1. The lowest BCUT2D eigenvalue weighted by Gasteiger charge is -2.32. The molecule has 0 saturated heterocycles. The van der Waals surface area contributed by atoms with E-state index in [1.807, 2.05) is 6.20 Å². The molecule has 2 aromatic carbocycles. The molecule has 0 saturated carbocycles. The zero-order valence-corrected chi connectivity index (χ0v) is 21.3. The SMILES string of the molecule is C=C(C(C)CNCc1cccc2[nH]ncc12)N(Cc1cc(C)c2c(c1)OCCCC2)CC(C)C. The normalized spacial score (nSPS) is 14.5. The Labute approximate surface area is 204 Å². The van der Waals surface area contributed by atoms with Gasteiger partial charge in [-0.15, -0.1) is 0 Å². The Morgan fingerprint density at radius 1 is 1.24 bits per heavy atom. The molecule has 1 aliphatic rings. The van der Waals surface area contributed by atoms with Crippen LogP contribution < -0.4 is 10.1 Å². The molecule has 0 bridgehead atoms. The largest absolute Gasteiger partial charge is 0.493 e. The third-order valence-electron chi connectivity index (χ3n) is 6.85. The van der Waals surface area contributed by atoms with Gasteiger partial charge in [-0.2, -0.15) is 5.10 Å². The Hall–Kier alpha value is -2.79. The maximum absolute atomic E-state index is 6.10. The lowest BCUT2D eigenvalue weighted by atomic mass is 9.98. The van der Waals surface area contributed by atoms with Crippen molar-refractivity contribution in [3.05, 3.63) is 71.1 Å². The number of fused-ring (bicyclic) bond motifs is 2. The number of aryl methyl sites for hydroxylation is 1. The molecule has 3 aromatic rings. The van der Waals surface area contributed by atoms with E-state index in [1.165, 1.54) is 39.8 Å². The number of H-pyrrole nitrogens is 1. The highest BCUT2D eigenvalue weighted by atomic mass is 16.5. The van der Waals surface area contributed by atoms with Crippen LogP contribution in [0.25, 0.3) is 10.9 Å². The van der Waals surface area contributed by atoms with Crippen LogP contribution in [0.2, 0.25) is 0 Å². The van der Waals surface area contributed by atoms with Gasteiger partial charge in [-0.25, -0.2) is 0 Å². The van der Waals surface area contributed by atoms with E-state index < -0.39 is 0 Å². The monoisotopic (exact) mass is 460 g/mol. The molecular formula is C29H40N4O. The number of hydrogen-bond donors (Lipinski definition) is 2. The van der Waals surface area contributed by atoms with Gasteiger partial charge in [0.15, 0.2) is 0 Å². The van der Waals surface area contributed by atoms with Gasteiger partial charge in [-0.3, -0.25) is 5.10 Å². The van der Waals surface area contributed by atoms with Crippen LogP contribution in [-0.4, -0.2) is 34.8 Å². The fourth-order valence-electron chi connectivity index (χ4n) is 4.96. The number of aromatic nitrogens is 2. The van der Waals surface area contributed by atoms with Gasteiger partial charge in [0.2, 0.25) is 0 Å². The van der Waals surface area contributed by atoms with Crippen molar-refractivity contribution < 1.29 is 4.74 Å². The molecule has 2 N–H and O–H groups in total. The molecule has 1 aliphatic heterocycles. The van der Waals surface area contributed by atoms with Crippen molar-refractivity contribution in [2.45, 2.75) is 60.0 Å². The number of nitrogens with one attached hydrogen (secondary N) is 2. The second-order valence-corrected chi connectivity index (χ2v) is 10.2.